The number of nitrogens with one attached hydrogen (secondary N) is 1. The van der Waals surface area contributed by atoms with Gasteiger partial charge < -0.3 is 21.3 Å². The second-order valence-corrected chi connectivity index (χ2v) is 6.11. The first-order valence-electron chi connectivity index (χ1n) is 8.30. The Morgan fingerprint density at radius 2 is 1.85 bits per heavy atom. The molecule has 0 bridgehead atoms. The van der Waals surface area contributed by atoms with Gasteiger partial charge >= 0.3 is 0 Å². The molecule has 0 unspecified atom stereocenters. The summed E-state index contributed by atoms with van der Waals surface area (Å²) < 4.78 is 3.28. The van der Waals surface area contributed by atoms with Crippen molar-refractivity contribution in [2.24, 2.45) is 12.8 Å². The van der Waals surface area contributed by atoms with E-state index in [-0.39, 0.29) is 22.7 Å². The zero-order chi connectivity index (χ0) is 18.8. The van der Waals surface area contributed by atoms with Crippen LogP contribution in [0.4, 0.5) is 11.4 Å². The van der Waals surface area contributed by atoms with Crippen LogP contribution in [-0.4, -0.2) is 26.1 Å². The first-order chi connectivity index (χ1) is 12.4. The minimum Gasteiger partial charge on any atom is -0.504 e. The molecule has 136 valence electrons. The van der Waals surface area contributed by atoms with Crippen LogP contribution in [-0.2, 0) is 13.5 Å². The average molecular weight is 354 g/mol. The molecule has 1 aromatic heterocycles. The molecule has 0 saturated heterocycles. The Balaban J connectivity index is 2.09. The van der Waals surface area contributed by atoms with E-state index in [0.717, 1.165) is 11.3 Å². The minimum atomic E-state index is -0.306. The summed E-state index contributed by atoms with van der Waals surface area (Å²) in [7, 11) is 1.79. The third kappa shape index (κ3) is 3.04. The molecule has 0 spiro atoms. The summed E-state index contributed by atoms with van der Waals surface area (Å²) in [5, 5.41) is 23.1. The van der Waals surface area contributed by atoms with Crippen LogP contribution in [0, 0.1) is 6.92 Å². The van der Waals surface area contributed by atoms with Crippen LogP contribution in [0.1, 0.15) is 11.3 Å². The Morgan fingerprint density at radius 1 is 1.15 bits per heavy atom. The number of phenolic OH excluding ortho intramolecular Hbond substituents is 2. The third-order valence-electron chi connectivity index (χ3n) is 4.40. The van der Waals surface area contributed by atoms with Crippen molar-refractivity contribution in [3.63, 3.8) is 0 Å². The van der Waals surface area contributed by atoms with Crippen molar-refractivity contribution >= 4 is 11.4 Å². The maximum atomic E-state index is 12.9. The lowest BCUT2D eigenvalue weighted by atomic mass is 10.1. The minimum absolute atomic E-state index is 0.251. The topological polar surface area (TPSA) is 105 Å². The van der Waals surface area contributed by atoms with Gasteiger partial charge in [-0.3, -0.25) is 9.48 Å². The van der Waals surface area contributed by atoms with E-state index in [1.165, 1.54) is 10.7 Å². The van der Waals surface area contributed by atoms with Gasteiger partial charge in [0.05, 0.1) is 17.1 Å². The van der Waals surface area contributed by atoms with Crippen LogP contribution in [0.3, 0.4) is 0 Å². The van der Waals surface area contributed by atoms with Gasteiger partial charge in [0, 0.05) is 7.05 Å². The second-order valence-electron chi connectivity index (χ2n) is 6.11. The summed E-state index contributed by atoms with van der Waals surface area (Å²) >= 11 is 0. The fraction of sp³-hybridized carbons (Fsp3) is 0.211. The van der Waals surface area contributed by atoms with E-state index in [0.29, 0.717) is 24.3 Å². The van der Waals surface area contributed by atoms with Crippen LogP contribution in [0.15, 0.2) is 47.3 Å². The number of nitrogens with zero attached hydrogens (tertiary/aromatic N) is 2. The third-order valence-corrected chi connectivity index (χ3v) is 4.40. The molecule has 7 nitrogen and oxygen atoms in total. The number of phenols is 2. The second kappa shape index (κ2) is 6.97. The molecule has 0 aliphatic carbocycles. The zero-order valence-corrected chi connectivity index (χ0v) is 14.7. The summed E-state index contributed by atoms with van der Waals surface area (Å²) in [6, 6.07) is 12.4. The predicted molar refractivity (Wildman–Crippen MR) is 102 cm³/mol. The molecule has 1 heterocycles. The molecule has 3 aromatic rings. The average Bonchev–Trinajstić information content (AvgIpc) is 2.83. The summed E-state index contributed by atoms with van der Waals surface area (Å²) in [5.74, 6) is -0.560. The first kappa shape index (κ1) is 17.6. The molecule has 0 aliphatic heterocycles. The number of anilines is 2. The lowest BCUT2D eigenvalue weighted by Gasteiger charge is -2.11. The van der Waals surface area contributed by atoms with Crippen molar-refractivity contribution in [2.75, 3.05) is 11.9 Å². The van der Waals surface area contributed by atoms with Gasteiger partial charge in [-0.1, -0.05) is 18.2 Å². The van der Waals surface area contributed by atoms with E-state index < -0.39 is 0 Å². The van der Waals surface area contributed by atoms with E-state index >= 15 is 0 Å². The summed E-state index contributed by atoms with van der Waals surface area (Å²) in [5.41, 5.74) is 8.11. The predicted octanol–water partition coefficient (Wildman–Crippen LogP) is 2.14. The Bertz CT molecular complexity index is 990. The lowest BCUT2D eigenvalue weighted by Crippen LogP contribution is -2.20. The van der Waals surface area contributed by atoms with Crippen LogP contribution in [0.25, 0.3) is 5.69 Å². The van der Waals surface area contributed by atoms with E-state index in [1.807, 2.05) is 37.3 Å². The Hall–Kier alpha value is -3.19. The number of nitrogens with two attached hydrogens (primary N) is 1. The van der Waals surface area contributed by atoms with E-state index in [1.54, 1.807) is 17.8 Å². The van der Waals surface area contributed by atoms with Crippen molar-refractivity contribution in [2.45, 2.75) is 13.3 Å². The van der Waals surface area contributed by atoms with Crippen LogP contribution < -0.4 is 16.6 Å². The molecule has 26 heavy (non-hydrogen) atoms. The quantitative estimate of drug-likeness (QED) is 0.525. The van der Waals surface area contributed by atoms with Crippen LogP contribution in [0.2, 0.25) is 0 Å². The molecular formula is C19H22N4O3. The summed E-state index contributed by atoms with van der Waals surface area (Å²) in [4.78, 5) is 12.9. The van der Waals surface area contributed by atoms with Crippen LogP contribution in [0.5, 0.6) is 11.5 Å². The lowest BCUT2D eigenvalue weighted by molar-refractivity contribution is 0.405. The van der Waals surface area contributed by atoms with Gasteiger partial charge in [0.15, 0.2) is 11.5 Å². The molecule has 0 saturated carbocycles. The van der Waals surface area contributed by atoms with Gasteiger partial charge in [-0.2, -0.15) is 0 Å². The Labute approximate surface area is 150 Å². The highest BCUT2D eigenvalue weighted by Crippen LogP contribution is 2.36. The molecule has 7 heteroatoms. The highest BCUT2D eigenvalue weighted by atomic mass is 16.3. The molecule has 3 rings (SSSR count). The van der Waals surface area contributed by atoms with Crippen LogP contribution >= 0.6 is 0 Å². The van der Waals surface area contributed by atoms with Crippen molar-refractivity contribution in [1.82, 2.24) is 9.36 Å². The van der Waals surface area contributed by atoms with E-state index in [4.69, 9.17) is 5.73 Å². The molecular weight excluding hydrogens is 332 g/mol. The highest BCUT2D eigenvalue weighted by molar-refractivity contribution is 5.71. The number of aromatic hydroxyl groups is 2. The summed E-state index contributed by atoms with van der Waals surface area (Å²) in [6.45, 7) is 2.22. The Morgan fingerprint density at radius 3 is 2.50 bits per heavy atom. The van der Waals surface area contributed by atoms with Crippen molar-refractivity contribution < 1.29 is 10.2 Å². The number of rotatable bonds is 5. The first-order valence-corrected chi connectivity index (χ1v) is 8.30. The van der Waals surface area contributed by atoms with Gasteiger partial charge in [0.25, 0.3) is 5.56 Å². The van der Waals surface area contributed by atoms with Gasteiger partial charge in [0.1, 0.15) is 5.69 Å². The fourth-order valence-electron chi connectivity index (χ4n) is 2.93. The van der Waals surface area contributed by atoms with E-state index in [2.05, 4.69) is 5.32 Å². The number of benzene rings is 2. The zero-order valence-electron chi connectivity index (χ0n) is 14.7. The molecule has 0 radical (unpaired) electrons. The number of aromatic nitrogens is 2. The standard InChI is InChI=1S/C19H22N4O3/c1-12-17(19(26)23(22(12)2)14-6-4-3-5-7-14)21-15-10-13(8-9-20)11-16(24)18(15)25/h3-7,10-11,21,24-25H,8-9,20H2,1-2H3. The van der Waals surface area contributed by atoms with E-state index in [9.17, 15) is 15.0 Å². The monoisotopic (exact) mass is 354 g/mol. The van der Waals surface area contributed by atoms with Gasteiger partial charge in [-0.15, -0.1) is 0 Å². The number of hydrogen-bond donors (Lipinski definition) is 4. The highest BCUT2D eigenvalue weighted by Gasteiger charge is 2.18. The largest absolute Gasteiger partial charge is 0.504 e. The van der Waals surface area contributed by atoms with Gasteiger partial charge in [-0.25, -0.2) is 4.68 Å². The summed E-state index contributed by atoms with van der Waals surface area (Å²) in [6.07, 6.45) is 0.546. The maximum absolute atomic E-state index is 12.9. The normalized spacial score (nSPS) is 10.9. The molecule has 0 fully saturated rings. The molecule has 2 aromatic carbocycles. The SMILES string of the molecule is Cc1c(Nc2cc(CCN)cc(O)c2O)c(=O)n(-c2ccccc2)n1C. The number of hydrogen-bond acceptors (Lipinski definition) is 5. The maximum Gasteiger partial charge on any atom is 0.295 e. The molecule has 0 aliphatic rings. The van der Waals surface area contributed by atoms with Gasteiger partial charge in [0.2, 0.25) is 0 Å². The van der Waals surface area contributed by atoms with Crippen molar-refractivity contribution in [1.29, 1.82) is 0 Å². The number of para-hydroxylation sites is 1. The van der Waals surface area contributed by atoms with Crippen molar-refractivity contribution in [3.8, 4) is 17.2 Å². The fourth-order valence-corrected chi connectivity index (χ4v) is 2.93. The molecule has 5 N–H and O–H groups in total. The smallest absolute Gasteiger partial charge is 0.295 e. The molecule has 0 atom stereocenters. The molecule has 0 amide bonds. The Kier molecular flexibility index (Phi) is 4.73. The van der Waals surface area contributed by atoms with Crippen molar-refractivity contribution in [3.05, 3.63) is 64.1 Å². The van der Waals surface area contributed by atoms with Gasteiger partial charge in [-0.05, 0) is 49.7 Å².